The molecular formula is C19H19N5O3. The molecule has 8 heteroatoms. The number of carbonyl (C=O) groups excluding carboxylic acids is 1. The molecule has 0 spiro atoms. The van der Waals surface area contributed by atoms with E-state index in [0.717, 1.165) is 17.5 Å². The summed E-state index contributed by atoms with van der Waals surface area (Å²) in [5.41, 5.74) is 9.39. The summed E-state index contributed by atoms with van der Waals surface area (Å²) in [7, 11) is 0. The highest BCUT2D eigenvalue weighted by molar-refractivity contribution is 6.05. The number of aromatic nitrogens is 2. The second-order valence-electron chi connectivity index (χ2n) is 6.08. The first-order valence-electron chi connectivity index (χ1n) is 8.49. The van der Waals surface area contributed by atoms with Gasteiger partial charge < -0.3 is 16.2 Å². The molecule has 2 heterocycles. The molecule has 0 fully saturated rings. The van der Waals surface area contributed by atoms with Crippen molar-refractivity contribution < 1.29 is 14.7 Å². The summed E-state index contributed by atoms with van der Waals surface area (Å²) in [5.74, 6) is -1.24. The molecule has 1 aliphatic heterocycles. The Morgan fingerprint density at radius 1 is 1.22 bits per heavy atom. The van der Waals surface area contributed by atoms with Crippen LogP contribution in [0.5, 0.6) is 0 Å². The van der Waals surface area contributed by atoms with Crippen LogP contribution in [0.4, 0.5) is 5.69 Å². The molecule has 138 valence electrons. The van der Waals surface area contributed by atoms with Gasteiger partial charge in [-0.25, -0.2) is 19.8 Å². The standard InChI is InChI=1S/C19H19N5O3/c1-2-5-21-18(25)13-6-12-4-3-11(7-15(12)24-16(20)8-13)14-9-22-17(19(26)27)23-10-14/h3-4,6-7,9-10H,2,5,8H2,1H3,(H2,20,24)(H,21,25)(H,26,27). The predicted molar refractivity (Wildman–Crippen MR) is 102 cm³/mol. The molecule has 0 saturated heterocycles. The Morgan fingerprint density at radius 3 is 2.63 bits per heavy atom. The molecule has 0 atom stereocenters. The Balaban J connectivity index is 1.94. The maximum atomic E-state index is 12.3. The molecule has 1 amide bonds. The number of amidine groups is 1. The number of aliphatic imine (C=N–C) groups is 1. The van der Waals surface area contributed by atoms with E-state index in [2.05, 4.69) is 20.3 Å². The highest BCUT2D eigenvalue weighted by Gasteiger charge is 2.16. The van der Waals surface area contributed by atoms with Crippen LogP contribution >= 0.6 is 0 Å². The minimum Gasteiger partial charge on any atom is -0.475 e. The van der Waals surface area contributed by atoms with E-state index in [1.165, 1.54) is 12.4 Å². The first kappa shape index (κ1) is 18.2. The average Bonchev–Trinajstić information content (AvgIpc) is 2.83. The molecule has 2 aromatic rings. The van der Waals surface area contributed by atoms with Crippen molar-refractivity contribution in [3.63, 3.8) is 0 Å². The lowest BCUT2D eigenvalue weighted by molar-refractivity contribution is -0.117. The number of aromatic carboxylic acids is 1. The zero-order valence-corrected chi connectivity index (χ0v) is 14.8. The Morgan fingerprint density at radius 2 is 1.96 bits per heavy atom. The van der Waals surface area contributed by atoms with Gasteiger partial charge in [0.25, 0.3) is 0 Å². The van der Waals surface area contributed by atoms with Gasteiger partial charge in [-0.1, -0.05) is 19.1 Å². The van der Waals surface area contributed by atoms with E-state index in [1.54, 1.807) is 6.08 Å². The number of carbonyl (C=O) groups is 2. The zero-order chi connectivity index (χ0) is 19.4. The van der Waals surface area contributed by atoms with Gasteiger partial charge in [0, 0.05) is 42.1 Å². The number of nitrogens with one attached hydrogen (secondary N) is 1. The van der Waals surface area contributed by atoms with Gasteiger partial charge in [-0.15, -0.1) is 0 Å². The molecule has 0 saturated carbocycles. The Bertz CT molecular complexity index is 948. The van der Waals surface area contributed by atoms with E-state index in [1.807, 2.05) is 25.1 Å². The molecule has 3 rings (SSSR count). The van der Waals surface area contributed by atoms with Gasteiger partial charge in [0.15, 0.2) is 0 Å². The van der Waals surface area contributed by atoms with Crippen molar-refractivity contribution in [1.29, 1.82) is 0 Å². The van der Waals surface area contributed by atoms with E-state index < -0.39 is 5.97 Å². The van der Waals surface area contributed by atoms with Crippen LogP contribution in [0.25, 0.3) is 17.2 Å². The SMILES string of the molecule is CCCNC(=O)C1=Cc2ccc(-c3cnc(C(=O)O)nc3)cc2N=C(N)C1. The summed E-state index contributed by atoms with van der Waals surface area (Å²) < 4.78 is 0. The maximum Gasteiger partial charge on any atom is 0.373 e. The summed E-state index contributed by atoms with van der Waals surface area (Å²) in [6.07, 6.45) is 5.81. The summed E-state index contributed by atoms with van der Waals surface area (Å²) in [6, 6.07) is 5.49. The van der Waals surface area contributed by atoms with Crippen LogP contribution < -0.4 is 11.1 Å². The topological polar surface area (TPSA) is 131 Å². The van der Waals surface area contributed by atoms with Crippen LogP contribution in [0.15, 0.2) is 41.2 Å². The largest absolute Gasteiger partial charge is 0.475 e. The van der Waals surface area contributed by atoms with E-state index >= 15 is 0 Å². The summed E-state index contributed by atoms with van der Waals surface area (Å²) in [6.45, 7) is 2.59. The van der Waals surface area contributed by atoms with Gasteiger partial charge in [-0.3, -0.25) is 4.79 Å². The van der Waals surface area contributed by atoms with Gasteiger partial charge in [0.05, 0.1) is 5.69 Å². The lowest BCUT2D eigenvalue weighted by Crippen LogP contribution is -2.27. The molecule has 0 aliphatic carbocycles. The van der Waals surface area contributed by atoms with Crippen molar-refractivity contribution >= 4 is 29.5 Å². The number of hydrogen-bond acceptors (Lipinski definition) is 6. The fourth-order valence-corrected chi connectivity index (χ4v) is 2.66. The number of carboxylic acid groups (broad SMARTS) is 1. The predicted octanol–water partition coefficient (Wildman–Crippen LogP) is 2.14. The third-order valence-electron chi connectivity index (χ3n) is 4.00. The number of carboxylic acids is 1. The normalized spacial score (nSPS) is 13.1. The molecule has 27 heavy (non-hydrogen) atoms. The zero-order valence-electron chi connectivity index (χ0n) is 14.8. The number of amides is 1. The first-order valence-corrected chi connectivity index (χ1v) is 8.49. The van der Waals surface area contributed by atoms with Gasteiger partial charge in [0.1, 0.15) is 5.84 Å². The summed E-state index contributed by atoms with van der Waals surface area (Å²) in [4.78, 5) is 35.2. The number of nitrogens with zero attached hydrogens (tertiary/aromatic N) is 3. The van der Waals surface area contributed by atoms with E-state index in [0.29, 0.717) is 29.2 Å². The second kappa shape index (κ2) is 7.77. The Hall–Kier alpha value is -3.55. The van der Waals surface area contributed by atoms with E-state index in [4.69, 9.17) is 10.8 Å². The molecule has 1 aromatic heterocycles. The molecule has 0 unspecified atom stereocenters. The summed E-state index contributed by atoms with van der Waals surface area (Å²) >= 11 is 0. The third kappa shape index (κ3) is 4.17. The number of fused-ring (bicyclic) bond motifs is 1. The fraction of sp³-hybridized carbons (Fsp3) is 0.211. The van der Waals surface area contributed by atoms with Crippen LogP contribution in [0.2, 0.25) is 0 Å². The van der Waals surface area contributed by atoms with E-state index in [9.17, 15) is 9.59 Å². The second-order valence-corrected chi connectivity index (χ2v) is 6.08. The summed E-state index contributed by atoms with van der Waals surface area (Å²) in [5, 5.41) is 11.7. The van der Waals surface area contributed by atoms with Crippen LogP contribution in [0, 0.1) is 0 Å². The minimum absolute atomic E-state index is 0.149. The van der Waals surface area contributed by atoms with Crippen LogP contribution in [-0.2, 0) is 4.79 Å². The number of benzene rings is 1. The molecule has 8 nitrogen and oxygen atoms in total. The smallest absolute Gasteiger partial charge is 0.373 e. The third-order valence-corrected chi connectivity index (χ3v) is 4.00. The maximum absolute atomic E-state index is 12.3. The van der Waals surface area contributed by atoms with Gasteiger partial charge >= 0.3 is 5.97 Å². The van der Waals surface area contributed by atoms with E-state index in [-0.39, 0.29) is 18.2 Å². The van der Waals surface area contributed by atoms with Gasteiger partial charge in [0.2, 0.25) is 11.7 Å². The number of nitrogens with two attached hydrogens (primary N) is 1. The molecule has 1 aliphatic rings. The highest BCUT2D eigenvalue weighted by Crippen LogP contribution is 2.31. The van der Waals surface area contributed by atoms with Gasteiger partial charge in [-0.2, -0.15) is 0 Å². The van der Waals surface area contributed by atoms with Crippen LogP contribution in [0.3, 0.4) is 0 Å². The lowest BCUT2D eigenvalue weighted by Gasteiger charge is -2.07. The number of hydrogen-bond donors (Lipinski definition) is 3. The van der Waals surface area contributed by atoms with Crippen molar-refractivity contribution in [2.24, 2.45) is 10.7 Å². The fourth-order valence-electron chi connectivity index (χ4n) is 2.66. The Labute approximate surface area is 155 Å². The van der Waals surface area contributed by atoms with Crippen molar-refractivity contribution in [2.75, 3.05) is 6.54 Å². The van der Waals surface area contributed by atoms with Crippen molar-refractivity contribution in [2.45, 2.75) is 19.8 Å². The first-order chi connectivity index (χ1) is 13.0. The molecule has 0 radical (unpaired) electrons. The quantitative estimate of drug-likeness (QED) is 0.744. The average molecular weight is 365 g/mol. The molecular weight excluding hydrogens is 346 g/mol. The lowest BCUT2D eigenvalue weighted by atomic mass is 10.0. The minimum atomic E-state index is -1.18. The van der Waals surface area contributed by atoms with Crippen LogP contribution in [0.1, 0.15) is 35.9 Å². The molecule has 1 aromatic carbocycles. The van der Waals surface area contributed by atoms with Crippen molar-refractivity contribution in [3.05, 3.63) is 47.6 Å². The van der Waals surface area contributed by atoms with Crippen molar-refractivity contribution in [3.8, 4) is 11.1 Å². The van der Waals surface area contributed by atoms with Crippen molar-refractivity contribution in [1.82, 2.24) is 15.3 Å². The van der Waals surface area contributed by atoms with Gasteiger partial charge in [-0.05, 0) is 24.1 Å². The number of rotatable bonds is 5. The Kier molecular flexibility index (Phi) is 5.25. The molecule has 0 bridgehead atoms. The van der Waals surface area contributed by atoms with Crippen LogP contribution in [-0.4, -0.2) is 39.3 Å². The monoisotopic (exact) mass is 365 g/mol. The molecule has 4 N–H and O–H groups in total. The highest BCUT2D eigenvalue weighted by atomic mass is 16.4.